The third-order valence-electron chi connectivity index (χ3n) is 7.02. The molecule has 204 valence electrons. The van der Waals surface area contributed by atoms with Crippen molar-refractivity contribution in [1.82, 2.24) is 9.55 Å². The molecule has 0 aliphatic carbocycles. The maximum absolute atomic E-state index is 13.9. The molecule has 1 aliphatic heterocycles. The molecular weight excluding hydrogens is 502 g/mol. The van der Waals surface area contributed by atoms with Crippen molar-refractivity contribution in [2.24, 2.45) is 0 Å². The molecule has 0 radical (unpaired) electrons. The Kier molecular flexibility index (Phi) is 6.50. The molecule has 6 nitrogen and oxygen atoms in total. The standard InChI is InChI=1S/C31H32F2N2O4/c1-17-25(27(29(36)37)39-30(2,3)4)26(19-8-10-24-21(14-19)31(5,6)16-38-24)20-11-12-35(28(20)34-17)15-18-7-9-22(32)23(33)13-18/h7-14,27H,15-16H2,1-6H3,(H,36,37). The van der Waals surface area contributed by atoms with Crippen LogP contribution in [0.2, 0.25) is 0 Å². The lowest BCUT2D eigenvalue weighted by Gasteiger charge is -2.28. The first kappa shape index (κ1) is 26.8. The maximum Gasteiger partial charge on any atom is 0.337 e. The third-order valence-corrected chi connectivity index (χ3v) is 7.02. The van der Waals surface area contributed by atoms with E-state index in [1.165, 1.54) is 12.1 Å². The van der Waals surface area contributed by atoms with Crippen molar-refractivity contribution in [3.8, 4) is 16.9 Å². The van der Waals surface area contributed by atoms with Gasteiger partial charge in [0.25, 0.3) is 0 Å². The Morgan fingerprint density at radius 1 is 1.15 bits per heavy atom. The molecule has 0 saturated heterocycles. The molecule has 1 aliphatic rings. The van der Waals surface area contributed by atoms with Crippen LogP contribution in [0.25, 0.3) is 22.2 Å². The zero-order chi connectivity index (χ0) is 28.3. The molecule has 8 heteroatoms. The van der Waals surface area contributed by atoms with Gasteiger partial charge in [-0.15, -0.1) is 0 Å². The van der Waals surface area contributed by atoms with Gasteiger partial charge in [-0.2, -0.15) is 0 Å². The predicted octanol–water partition coefficient (Wildman–Crippen LogP) is 6.95. The molecule has 2 aromatic heterocycles. The molecule has 4 aromatic rings. The summed E-state index contributed by atoms with van der Waals surface area (Å²) in [5.74, 6) is -2.12. The lowest BCUT2D eigenvalue weighted by Crippen LogP contribution is -2.28. The van der Waals surface area contributed by atoms with E-state index in [0.717, 1.165) is 28.3 Å². The molecule has 0 spiro atoms. The van der Waals surface area contributed by atoms with E-state index in [9.17, 15) is 18.7 Å². The van der Waals surface area contributed by atoms with Gasteiger partial charge in [0.2, 0.25) is 0 Å². The van der Waals surface area contributed by atoms with Crippen molar-refractivity contribution in [3.05, 3.63) is 82.7 Å². The lowest BCUT2D eigenvalue weighted by molar-refractivity contribution is -0.160. The first-order valence-electron chi connectivity index (χ1n) is 12.9. The number of fused-ring (bicyclic) bond motifs is 2. The molecule has 5 rings (SSSR count). The molecular formula is C31H32F2N2O4. The van der Waals surface area contributed by atoms with Crippen LogP contribution in [-0.2, 0) is 21.5 Å². The van der Waals surface area contributed by atoms with Gasteiger partial charge in [0, 0.05) is 45.9 Å². The number of ether oxygens (including phenoxy) is 2. The van der Waals surface area contributed by atoms with Crippen LogP contribution in [0, 0.1) is 18.6 Å². The van der Waals surface area contributed by atoms with Crippen LogP contribution in [0.5, 0.6) is 5.75 Å². The Morgan fingerprint density at radius 3 is 2.56 bits per heavy atom. The van der Waals surface area contributed by atoms with Crippen LogP contribution in [0.4, 0.5) is 8.78 Å². The monoisotopic (exact) mass is 534 g/mol. The Labute approximate surface area is 226 Å². The maximum atomic E-state index is 13.9. The van der Waals surface area contributed by atoms with Gasteiger partial charge in [0.15, 0.2) is 17.7 Å². The number of carboxylic acid groups (broad SMARTS) is 1. The number of rotatable bonds is 6. The number of pyridine rings is 1. The SMILES string of the molecule is Cc1nc2c(ccn2Cc2ccc(F)c(F)c2)c(-c2ccc3c(c2)C(C)(C)CO3)c1C(OC(C)(C)C)C(=O)O. The highest BCUT2D eigenvalue weighted by Crippen LogP contribution is 2.44. The van der Waals surface area contributed by atoms with Gasteiger partial charge in [-0.05, 0) is 69.2 Å². The highest BCUT2D eigenvalue weighted by Gasteiger charge is 2.35. The molecule has 3 heterocycles. The minimum atomic E-state index is -1.26. The van der Waals surface area contributed by atoms with Crippen molar-refractivity contribution in [2.75, 3.05) is 6.61 Å². The average molecular weight is 535 g/mol. The van der Waals surface area contributed by atoms with Gasteiger partial charge >= 0.3 is 5.97 Å². The van der Waals surface area contributed by atoms with E-state index < -0.39 is 29.3 Å². The molecule has 0 amide bonds. The summed E-state index contributed by atoms with van der Waals surface area (Å²) in [5, 5.41) is 11.0. The second-order valence-electron chi connectivity index (χ2n) is 11.7. The summed E-state index contributed by atoms with van der Waals surface area (Å²) < 4.78 is 41.3. The number of aromatic nitrogens is 2. The minimum absolute atomic E-state index is 0.209. The molecule has 0 fully saturated rings. The Bertz CT molecular complexity index is 1600. The number of halogens is 2. The predicted molar refractivity (Wildman–Crippen MR) is 145 cm³/mol. The molecule has 0 saturated carbocycles. The number of hydrogen-bond donors (Lipinski definition) is 1. The van der Waals surface area contributed by atoms with Crippen molar-refractivity contribution in [1.29, 1.82) is 0 Å². The van der Waals surface area contributed by atoms with Crippen LogP contribution in [0.1, 0.15) is 63.1 Å². The van der Waals surface area contributed by atoms with E-state index in [4.69, 9.17) is 14.5 Å². The lowest BCUT2D eigenvalue weighted by atomic mass is 9.84. The number of nitrogens with zero attached hydrogens (tertiary/aromatic N) is 2. The number of carboxylic acids is 1. The van der Waals surface area contributed by atoms with E-state index in [2.05, 4.69) is 19.9 Å². The fourth-order valence-electron chi connectivity index (χ4n) is 5.19. The topological polar surface area (TPSA) is 73.6 Å². The van der Waals surface area contributed by atoms with E-state index in [1.807, 2.05) is 49.7 Å². The van der Waals surface area contributed by atoms with Gasteiger partial charge in [0.1, 0.15) is 11.4 Å². The number of carbonyl (C=O) groups is 1. The second-order valence-corrected chi connectivity index (χ2v) is 11.7. The Balaban J connectivity index is 1.75. The van der Waals surface area contributed by atoms with E-state index >= 15 is 0 Å². The molecule has 1 unspecified atom stereocenters. The quantitative estimate of drug-likeness (QED) is 0.290. The number of hydrogen-bond acceptors (Lipinski definition) is 4. The summed E-state index contributed by atoms with van der Waals surface area (Å²) >= 11 is 0. The first-order valence-corrected chi connectivity index (χ1v) is 12.9. The van der Waals surface area contributed by atoms with Crippen molar-refractivity contribution >= 4 is 17.0 Å². The first-order chi connectivity index (χ1) is 18.2. The van der Waals surface area contributed by atoms with Gasteiger partial charge in [0.05, 0.1) is 12.2 Å². The summed E-state index contributed by atoms with van der Waals surface area (Å²) in [6, 6.07) is 11.6. The highest BCUT2D eigenvalue weighted by molar-refractivity contribution is 5.98. The molecule has 2 aromatic carbocycles. The number of aryl methyl sites for hydroxylation is 1. The fraction of sp³-hybridized carbons (Fsp3) is 0.355. The van der Waals surface area contributed by atoms with Crippen LogP contribution in [-0.4, -0.2) is 32.8 Å². The van der Waals surface area contributed by atoms with Crippen LogP contribution < -0.4 is 4.74 Å². The third kappa shape index (κ3) is 5.01. The van der Waals surface area contributed by atoms with Crippen LogP contribution in [0.15, 0.2) is 48.7 Å². The summed E-state index contributed by atoms with van der Waals surface area (Å²) in [6.45, 7) is 12.3. The van der Waals surface area contributed by atoms with E-state index in [1.54, 1.807) is 6.92 Å². The zero-order valence-electron chi connectivity index (χ0n) is 22.9. The second kappa shape index (κ2) is 9.45. The van der Waals surface area contributed by atoms with Gasteiger partial charge in [-0.3, -0.25) is 0 Å². The van der Waals surface area contributed by atoms with E-state index in [0.29, 0.717) is 34.6 Å². The van der Waals surface area contributed by atoms with E-state index in [-0.39, 0.29) is 12.0 Å². The Hall–Kier alpha value is -3.78. The number of benzene rings is 2. The number of aliphatic carboxylic acids is 1. The Morgan fingerprint density at radius 2 is 1.90 bits per heavy atom. The largest absolute Gasteiger partial charge is 0.492 e. The van der Waals surface area contributed by atoms with Crippen molar-refractivity contribution in [2.45, 2.75) is 65.2 Å². The van der Waals surface area contributed by atoms with Crippen molar-refractivity contribution < 1.29 is 28.2 Å². The molecule has 39 heavy (non-hydrogen) atoms. The summed E-state index contributed by atoms with van der Waals surface area (Å²) in [5.41, 5.74) is 3.81. The van der Waals surface area contributed by atoms with Crippen LogP contribution in [0.3, 0.4) is 0 Å². The summed E-state index contributed by atoms with van der Waals surface area (Å²) in [7, 11) is 0. The molecule has 1 N–H and O–H groups in total. The normalized spacial score (nSPS) is 15.3. The smallest absolute Gasteiger partial charge is 0.337 e. The van der Waals surface area contributed by atoms with Crippen molar-refractivity contribution in [3.63, 3.8) is 0 Å². The van der Waals surface area contributed by atoms with Crippen LogP contribution >= 0.6 is 0 Å². The zero-order valence-corrected chi connectivity index (χ0v) is 22.9. The minimum Gasteiger partial charge on any atom is -0.492 e. The summed E-state index contributed by atoms with van der Waals surface area (Å²) in [4.78, 5) is 17.4. The van der Waals surface area contributed by atoms with Gasteiger partial charge in [-0.25, -0.2) is 18.6 Å². The van der Waals surface area contributed by atoms with Gasteiger partial charge < -0.3 is 19.1 Å². The average Bonchev–Trinajstić information content (AvgIpc) is 3.38. The summed E-state index contributed by atoms with van der Waals surface area (Å²) in [6.07, 6.45) is 0.566. The fourth-order valence-corrected chi connectivity index (χ4v) is 5.19. The molecule has 1 atom stereocenters. The highest BCUT2D eigenvalue weighted by atomic mass is 19.2. The molecule has 0 bridgehead atoms. The van der Waals surface area contributed by atoms with Gasteiger partial charge in [-0.1, -0.05) is 26.0 Å².